The van der Waals surface area contributed by atoms with Crippen LogP contribution in [0.3, 0.4) is 0 Å². The Morgan fingerprint density at radius 1 is 1.67 bits per heavy atom. The third-order valence-electron chi connectivity index (χ3n) is 2.48. The lowest BCUT2D eigenvalue weighted by atomic mass is 10.1. The number of rotatable bonds is 0. The van der Waals surface area contributed by atoms with Gasteiger partial charge in [0.1, 0.15) is 0 Å². The van der Waals surface area contributed by atoms with Gasteiger partial charge in [0, 0.05) is 31.2 Å². The summed E-state index contributed by atoms with van der Waals surface area (Å²) in [7, 11) is 0. The second kappa shape index (κ2) is 2.76. The normalized spacial score (nSPS) is 34.1. The standard InChI is InChI=1S/C8H11NO2S/c1-5(10)9-4-7-2-6(9)3-8(11)12-7/h6-7H,2-4H2,1H3. The highest BCUT2D eigenvalue weighted by Gasteiger charge is 2.40. The molecule has 0 aromatic heterocycles. The Morgan fingerprint density at radius 3 is 3.08 bits per heavy atom. The van der Waals surface area contributed by atoms with Crippen molar-refractivity contribution in [2.45, 2.75) is 31.1 Å². The summed E-state index contributed by atoms with van der Waals surface area (Å²) in [4.78, 5) is 24.1. The van der Waals surface area contributed by atoms with Gasteiger partial charge in [-0.15, -0.1) is 0 Å². The summed E-state index contributed by atoms with van der Waals surface area (Å²) in [5.41, 5.74) is 0. The molecule has 2 rings (SSSR count). The Bertz CT molecular complexity index is 241. The van der Waals surface area contributed by atoms with Gasteiger partial charge in [0.05, 0.1) is 0 Å². The molecular weight excluding hydrogens is 174 g/mol. The topological polar surface area (TPSA) is 37.4 Å². The van der Waals surface area contributed by atoms with Gasteiger partial charge < -0.3 is 4.90 Å². The lowest BCUT2D eigenvalue weighted by Crippen LogP contribution is -2.34. The summed E-state index contributed by atoms with van der Waals surface area (Å²) < 4.78 is 0. The number of thioether (sulfide) groups is 1. The van der Waals surface area contributed by atoms with E-state index in [4.69, 9.17) is 0 Å². The number of hydrogen-bond acceptors (Lipinski definition) is 3. The van der Waals surface area contributed by atoms with Gasteiger partial charge in [0.15, 0.2) is 5.12 Å². The lowest BCUT2D eigenvalue weighted by Gasteiger charge is -2.21. The molecule has 2 unspecified atom stereocenters. The van der Waals surface area contributed by atoms with Crippen LogP contribution < -0.4 is 0 Å². The Labute approximate surface area is 75.5 Å². The number of likely N-dealkylation sites (tertiary alicyclic amines) is 1. The van der Waals surface area contributed by atoms with Crippen LogP contribution in [0.5, 0.6) is 0 Å². The van der Waals surface area contributed by atoms with Crippen molar-refractivity contribution in [1.29, 1.82) is 0 Å². The smallest absolute Gasteiger partial charge is 0.219 e. The van der Waals surface area contributed by atoms with Crippen molar-refractivity contribution in [2.75, 3.05) is 6.54 Å². The molecule has 4 heteroatoms. The van der Waals surface area contributed by atoms with Crippen molar-refractivity contribution in [1.82, 2.24) is 4.90 Å². The zero-order valence-electron chi connectivity index (χ0n) is 6.95. The van der Waals surface area contributed by atoms with E-state index in [0.717, 1.165) is 13.0 Å². The average Bonchev–Trinajstić information content (AvgIpc) is 2.26. The van der Waals surface area contributed by atoms with Gasteiger partial charge in [-0.1, -0.05) is 11.8 Å². The highest BCUT2D eigenvalue weighted by molar-refractivity contribution is 8.14. The van der Waals surface area contributed by atoms with Crippen LogP contribution in [0.4, 0.5) is 0 Å². The summed E-state index contributed by atoms with van der Waals surface area (Å²) in [5.74, 6) is 0.109. The molecule has 66 valence electrons. The molecule has 12 heavy (non-hydrogen) atoms. The van der Waals surface area contributed by atoms with E-state index in [-0.39, 0.29) is 17.1 Å². The maximum absolute atomic E-state index is 11.1. The van der Waals surface area contributed by atoms with Crippen LogP contribution in [-0.2, 0) is 9.59 Å². The predicted octanol–water partition coefficient (Wildman–Crippen LogP) is 0.639. The molecule has 2 atom stereocenters. The maximum atomic E-state index is 11.1. The Balaban J connectivity index is 2.14. The van der Waals surface area contributed by atoms with Crippen LogP contribution in [0.2, 0.25) is 0 Å². The SMILES string of the molecule is CC(=O)N1CC2CC1CC(=O)S2. The van der Waals surface area contributed by atoms with Crippen molar-refractivity contribution in [2.24, 2.45) is 0 Å². The summed E-state index contributed by atoms with van der Waals surface area (Å²) in [6.45, 7) is 2.35. The summed E-state index contributed by atoms with van der Waals surface area (Å²) in [6.07, 6.45) is 1.57. The quantitative estimate of drug-likeness (QED) is 0.555. The van der Waals surface area contributed by atoms with E-state index in [2.05, 4.69) is 0 Å². The summed E-state index contributed by atoms with van der Waals surface area (Å²) in [6, 6.07) is 0.209. The van der Waals surface area contributed by atoms with E-state index in [9.17, 15) is 9.59 Å². The number of carbonyl (C=O) groups is 2. The molecule has 0 aromatic carbocycles. The van der Waals surface area contributed by atoms with Crippen molar-refractivity contribution in [3.05, 3.63) is 0 Å². The van der Waals surface area contributed by atoms with Crippen LogP contribution in [0.15, 0.2) is 0 Å². The first-order chi connectivity index (χ1) is 5.66. The minimum Gasteiger partial charge on any atom is -0.338 e. The van der Waals surface area contributed by atoms with Gasteiger partial charge in [-0.2, -0.15) is 0 Å². The molecular formula is C8H11NO2S. The Kier molecular flexibility index (Phi) is 1.87. The molecule has 2 aliphatic rings. The number of hydrogen-bond donors (Lipinski definition) is 0. The maximum Gasteiger partial charge on any atom is 0.219 e. The first-order valence-corrected chi connectivity index (χ1v) is 5.01. The number of fused-ring (bicyclic) bond motifs is 2. The van der Waals surface area contributed by atoms with Crippen LogP contribution in [0, 0.1) is 0 Å². The number of carbonyl (C=O) groups excluding carboxylic acids is 2. The fraction of sp³-hybridized carbons (Fsp3) is 0.750. The average molecular weight is 185 g/mol. The lowest BCUT2D eigenvalue weighted by molar-refractivity contribution is -0.129. The van der Waals surface area contributed by atoms with Gasteiger partial charge in [-0.25, -0.2) is 0 Å². The molecule has 2 aliphatic heterocycles. The van der Waals surface area contributed by atoms with Gasteiger partial charge in [0.2, 0.25) is 5.91 Å². The minimum absolute atomic E-state index is 0.109. The van der Waals surface area contributed by atoms with Gasteiger partial charge in [-0.05, 0) is 6.42 Å². The summed E-state index contributed by atoms with van der Waals surface area (Å²) >= 11 is 1.42. The van der Waals surface area contributed by atoms with Crippen molar-refractivity contribution < 1.29 is 9.59 Å². The van der Waals surface area contributed by atoms with Crippen LogP contribution in [0.1, 0.15) is 19.8 Å². The molecule has 0 N–H and O–H groups in total. The third kappa shape index (κ3) is 1.24. The van der Waals surface area contributed by atoms with Gasteiger partial charge in [0.25, 0.3) is 0 Å². The first-order valence-electron chi connectivity index (χ1n) is 4.13. The Morgan fingerprint density at radius 2 is 2.42 bits per heavy atom. The summed E-state index contributed by atoms with van der Waals surface area (Å²) in [5, 5.41) is 0.625. The molecule has 2 bridgehead atoms. The van der Waals surface area contributed by atoms with E-state index in [1.807, 2.05) is 4.90 Å². The van der Waals surface area contributed by atoms with Crippen molar-refractivity contribution in [3.63, 3.8) is 0 Å². The molecule has 0 aromatic rings. The van der Waals surface area contributed by atoms with Crippen LogP contribution in [-0.4, -0.2) is 33.8 Å². The Hall–Kier alpha value is -0.510. The molecule has 1 amide bonds. The first kappa shape index (κ1) is 8.10. The van der Waals surface area contributed by atoms with Crippen molar-refractivity contribution >= 4 is 22.8 Å². The second-order valence-electron chi connectivity index (χ2n) is 3.38. The highest BCUT2D eigenvalue weighted by atomic mass is 32.2. The minimum atomic E-state index is 0.109. The molecule has 0 spiro atoms. The molecule has 3 nitrogen and oxygen atoms in total. The second-order valence-corrected chi connectivity index (χ2v) is 4.73. The highest BCUT2D eigenvalue weighted by Crippen LogP contribution is 2.36. The fourth-order valence-corrected chi connectivity index (χ4v) is 3.18. The zero-order valence-corrected chi connectivity index (χ0v) is 7.76. The molecule has 0 aliphatic carbocycles. The van der Waals surface area contributed by atoms with E-state index >= 15 is 0 Å². The van der Waals surface area contributed by atoms with Crippen LogP contribution >= 0.6 is 11.8 Å². The molecule has 2 heterocycles. The number of amides is 1. The van der Waals surface area contributed by atoms with Crippen molar-refractivity contribution in [3.8, 4) is 0 Å². The zero-order chi connectivity index (χ0) is 8.72. The van der Waals surface area contributed by atoms with E-state index < -0.39 is 0 Å². The molecule has 0 saturated carbocycles. The van der Waals surface area contributed by atoms with Gasteiger partial charge in [-0.3, -0.25) is 9.59 Å². The molecule has 0 radical (unpaired) electrons. The predicted molar refractivity (Wildman–Crippen MR) is 46.8 cm³/mol. The van der Waals surface area contributed by atoms with E-state index in [0.29, 0.717) is 11.7 Å². The molecule has 2 saturated heterocycles. The number of nitrogens with zero attached hydrogens (tertiary/aromatic N) is 1. The monoisotopic (exact) mass is 185 g/mol. The van der Waals surface area contributed by atoms with E-state index in [1.54, 1.807) is 6.92 Å². The van der Waals surface area contributed by atoms with Crippen LogP contribution in [0.25, 0.3) is 0 Å². The van der Waals surface area contributed by atoms with Gasteiger partial charge >= 0.3 is 0 Å². The van der Waals surface area contributed by atoms with E-state index in [1.165, 1.54) is 11.8 Å². The third-order valence-corrected chi connectivity index (χ3v) is 3.59. The largest absolute Gasteiger partial charge is 0.338 e. The fourth-order valence-electron chi connectivity index (χ4n) is 1.96. The molecule has 2 fully saturated rings.